The van der Waals surface area contributed by atoms with Gasteiger partial charge in [-0.1, -0.05) is 53.0 Å². The van der Waals surface area contributed by atoms with Gasteiger partial charge in [0.2, 0.25) is 0 Å². The highest BCUT2D eigenvalue weighted by molar-refractivity contribution is 6.34. The molecule has 4 rings (SSSR count). The van der Waals surface area contributed by atoms with Gasteiger partial charge < -0.3 is 14.2 Å². The van der Waals surface area contributed by atoms with Crippen molar-refractivity contribution < 1.29 is 9.53 Å². The van der Waals surface area contributed by atoms with E-state index in [1.807, 2.05) is 44.3 Å². The number of hydrogen-bond acceptors (Lipinski definition) is 2. The summed E-state index contributed by atoms with van der Waals surface area (Å²) in [6.07, 6.45) is 1.69. The lowest BCUT2D eigenvalue weighted by atomic mass is 9.99. The summed E-state index contributed by atoms with van der Waals surface area (Å²) in [5, 5.41) is 2.23. The second-order valence-electron chi connectivity index (χ2n) is 8.00. The van der Waals surface area contributed by atoms with Crippen LogP contribution >= 0.6 is 23.2 Å². The summed E-state index contributed by atoms with van der Waals surface area (Å²) in [6.45, 7) is 7.74. The van der Waals surface area contributed by atoms with Gasteiger partial charge in [-0.15, -0.1) is 0 Å². The summed E-state index contributed by atoms with van der Waals surface area (Å²) in [4.78, 5) is 14.4. The molecule has 6 heteroatoms. The number of halogens is 2. The fourth-order valence-electron chi connectivity index (χ4n) is 4.03. The first-order valence-corrected chi connectivity index (χ1v) is 11.8. The molecule has 0 fully saturated rings. The molecule has 0 atom stereocenters. The molecule has 1 aromatic heterocycles. The lowest BCUT2D eigenvalue weighted by Gasteiger charge is -2.20. The lowest BCUT2D eigenvalue weighted by molar-refractivity contribution is 0.157. The number of aromatic nitrogens is 1. The van der Waals surface area contributed by atoms with Crippen LogP contribution in [0.2, 0.25) is 10.0 Å². The van der Waals surface area contributed by atoms with Crippen LogP contribution in [0.5, 0.6) is 5.75 Å². The zero-order valence-electron chi connectivity index (χ0n) is 18.9. The summed E-state index contributed by atoms with van der Waals surface area (Å²) in [6, 6.07) is 19.7. The van der Waals surface area contributed by atoms with Crippen molar-refractivity contribution in [2.24, 2.45) is 0 Å². The number of rotatable bonds is 6. The number of amides is 1. The lowest BCUT2D eigenvalue weighted by Crippen LogP contribution is -2.33. The van der Waals surface area contributed by atoms with Crippen molar-refractivity contribution in [2.45, 2.75) is 27.3 Å². The molecule has 0 aliphatic rings. The molecule has 1 amide bonds. The van der Waals surface area contributed by atoms with E-state index in [2.05, 4.69) is 41.8 Å². The fourth-order valence-corrected chi connectivity index (χ4v) is 4.60. The van der Waals surface area contributed by atoms with Crippen LogP contribution in [0.25, 0.3) is 22.0 Å². The van der Waals surface area contributed by atoms with Gasteiger partial charge in [-0.2, -0.15) is 0 Å². The number of carbonyl (C=O) groups excluding carboxylic acids is 1. The Labute approximate surface area is 204 Å². The molecule has 0 unspecified atom stereocenters. The summed E-state index contributed by atoms with van der Waals surface area (Å²) >= 11 is 12.4. The van der Waals surface area contributed by atoms with E-state index in [1.54, 1.807) is 11.0 Å². The largest absolute Gasteiger partial charge is 0.415 e. The molecule has 0 spiro atoms. The van der Waals surface area contributed by atoms with Crippen molar-refractivity contribution in [3.8, 4) is 16.9 Å². The van der Waals surface area contributed by atoms with E-state index in [0.29, 0.717) is 35.4 Å². The minimum absolute atomic E-state index is 0.347. The number of nitrogens with zero attached hydrogens (tertiary/aromatic N) is 2. The minimum Gasteiger partial charge on any atom is -0.410 e. The molecular formula is C27H26Cl2N2O2. The first-order valence-electron chi connectivity index (χ1n) is 11.0. The highest BCUT2D eigenvalue weighted by Crippen LogP contribution is 2.38. The normalized spacial score (nSPS) is 11.1. The Hall–Kier alpha value is -2.95. The monoisotopic (exact) mass is 480 g/mol. The molecule has 0 bridgehead atoms. The molecule has 1 heterocycles. The molecule has 0 aliphatic carbocycles. The predicted octanol–water partition coefficient (Wildman–Crippen LogP) is 7.81. The van der Waals surface area contributed by atoms with Gasteiger partial charge in [0, 0.05) is 52.3 Å². The summed E-state index contributed by atoms with van der Waals surface area (Å²) in [5.74, 6) is 0.548. The van der Waals surface area contributed by atoms with Gasteiger partial charge in [-0.3, -0.25) is 0 Å². The van der Waals surface area contributed by atoms with Crippen molar-refractivity contribution in [3.63, 3.8) is 0 Å². The maximum atomic E-state index is 12.7. The molecule has 0 saturated heterocycles. The van der Waals surface area contributed by atoms with Gasteiger partial charge in [-0.05, 0) is 68.3 Å². The van der Waals surface area contributed by atoms with Crippen LogP contribution < -0.4 is 4.74 Å². The number of carbonyl (C=O) groups is 1. The molecule has 4 nitrogen and oxygen atoms in total. The van der Waals surface area contributed by atoms with Crippen molar-refractivity contribution in [2.75, 3.05) is 13.1 Å². The van der Waals surface area contributed by atoms with Gasteiger partial charge in [0.25, 0.3) is 0 Å². The van der Waals surface area contributed by atoms with Crippen molar-refractivity contribution >= 4 is 40.2 Å². The molecule has 0 aliphatic heterocycles. The molecule has 0 radical (unpaired) electrons. The van der Waals surface area contributed by atoms with E-state index in [9.17, 15) is 4.79 Å². The Bertz CT molecular complexity index is 1270. The van der Waals surface area contributed by atoms with Gasteiger partial charge in [0.15, 0.2) is 0 Å². The van der Waals surface area contributed by atoms with Crippen LogP contribution in [0.1, 0.15) is 25.0 Å². The average Bonchev–Trinajstić information content (AvgIpc) is 3.17. The first-order chi connectivity index (χ1) is 15.9. The fraction of sp³-hybridized carbons (Fsp3) is 0.222. The quantitative estimate of drug-likeness (QED) is 0.282. The topological polar surface area (TPSA) is 34.5 Å². The first kappa shape index (κ1) is 23.2. The summed E-state index contributed by atoms with van der Waals surface area (Å²) < 4.78 is 8.03. The Morgan fingerprint density at radius 2 is 1.61 bits per heavy atom. The SMILES string of the molecule is CCN(CC)C(=O)Oc1ccc2c(ccn2Cc2cc(Cl)cc(Cl)c2)c1-c1ccc(C)cc1. The molecule has 4 aromatic rings. The maximum absolute atomic E-state index is 12.7. The van der Waals surface area contributed by atoms with Crippen LogP contribution in [0.4, 0.5) is 4.79 Å². The Kier molecular flexibility index (Phi) is 6.96. The molecule has 33 heavy (non-hydrogen) atoms. The number of aryl methyl sites for hydroxylation is 1. The van der Waals surface area contributed by atoms with E-state index < -0.39 is 0 Å². The van der Waals surface area contributed by atoms with Crippen LogP contribution in [-0.2, 0) is 6.54 Å². The van der Waals surface area contributed by atoms with Crippen LogP contribution in [0.15, 0.2) is 66.9 Å². The molecule has 170 valence electrons. The van der Waals surface area contributed by atoms with Crippen LogP contribution in [0, 0.1) is 6.92 Å². The second kappa shape index (κ2) is 9.90. The van der Waals surface area contributed by atoms with Gasteiger partial charge >= 0.3 is 6.09 Å². The minimum atomic E-state index is -0.347. The van der Waals surface area contributed by atoms with E-state index in [-0.39, 0.29) is 6.09 Å². The molecule has 0 saturated carbocycles. The standard InChI is InChI=1S/C27H26Cl2N2O2/c1-4-30(5-2)27(32)33-25-11-10-24-23(26(25)20-8-6-18(3)7-9-20)12-13-31(24)17-19-14-21(28)16-22(29)15-19/h6-16H,4-5,17H2,1-3H3. The van der Waals surface area contributed by atoms with Gasteiger partial charge in [0.05, 0.1) is 0 Å². The maximum Gasteiger partial charge on any atom is 0.415 e. The van der Waals surface area contributed by atoms with E-state index in [0.717, 1.165) is 27.6 Å². The van der Waals surface area contributed by atoms with Crippen molar-refractivity contribution in [3.05, 3.63) is 88.0 Å². The van der Waals surface area contributed by atoms with E-state index >= 15 is 0 Å². The smallest absolute Gasteiger partial charge is 0.410 e. The zero-order chi connectivity index (χ0) is 23.5. The third kappa shape index (κ3) is 5.02. The molecule has 3 aromatic carbocycles. The third-order valence-electron chi connectivity index (χ3n) is 5.75. The van der Waals surface area contributed by atoms with E-state index in [1.165, 1.54) is 5.56 Å². The second-order valence-corrected chi connectivity index (χ2v) is 8.87. The summed E-state index contributed by atoms with van der Waals surface area (Å²) in [5.41, 5.74) is 5.11. The Morgan fingerprint density at radius 1 is 0.939 bits per heavy atom. The zero-order valence-corrected chi connectivity index (χ0v) is 20.5. The van der Waals surface area contributed by atoms with E-state index in [4.69, 9.17) is 27.9 Å². The van der Waals surface area contributed by atoms with Crippen LogP contribution in [0.3, 0.4) is 0 Å². The van der Waals surface area contributed by atoms with Gasteiger partial charge in [0.1, 0.15) is 5.75 Å². The number of benzene rings is 3. The van der Waals surface area contributed by atoms with Crippen LogP contribution in [-0.4, -0.2) is 28.6 Å². The average molecular weight is 481 g/mol. The number of ether oxygens (including phenoxy) is 1. The Balaban J connectivity index is 1.81. The number of hydrogen-bond donors (Lipinski definition) is 0. The van der Waals surface area contributed by atoms with Crippen molar-refractivity contribution in [1.29, 1.82) is 0 Å². The third-order valence-corrected chi connectivity index (χ3v) is 6.19. The molecular weight excluding hydrogens is 455 g/mol. The Morgan fingerprint density at radius 3 is 2.24 bits per heavy atom. The van der Waals surface area contributed by atoms with Crippen molar-refractivity contribution in [1.82, 2.24) is 9.47 Å². The predicted molar refractivity (Wildman–Crippen MR) is 137 cm³/mol. The molecule has 0 N–H and O–H groups in total. The highest BCUT2D eigenvalue weighted by Gasteiger charge is 2.19. The summed E-state index contributed by atoms with van der Waals surface area (Å²) in [7, 11) is 0. The van der Waals surface area contributed by atoms with Gasteiger partial charge in [-0.25, -0.2) is 4.79 Å². The number of fused-ring (bicyclic) bond motifs is 1. The highest BCUT2D eigenvalue weighted by atomic mass is 35.5.